The highest BCUT2D eigenvalue weighted by molar-refractivity contribution is 9.10. The minimum absolute atomic E-state index is 0.0887. The molecular weight excluding hydrogens is 346 g/mol. The second-order valence-corrected chi connectivity index (χ2v) is 6.49. The van der Waals surface area contributed by atoms with E-state index < -0.39 is 10.9 Å². The molecule has 4 nitrogen and oxygen atoms in total. The lowest BCUT2D eigenvalue weighted by molar-refractivity contribution is -0.141. The first kappa shape index (κ1) is 16.9. The van der Waals surface area contributed by atoms with Crippen LogP contribution in [0.1, 0.15) is 49.4 Å². The normalized spacial score (nSPS) is 17.6. The van der Waals surface area contributed by atoms with Crippen LogP contribution >= 0.6 is 15.9 Å². The van der Waals surface area contributed by atoms with E-state index in [2.05, 4.69) is 15.9 Å². The SMILES string of the molecule is CCCC[C@H]([C@@H](Br)C(=O)c1ccccc1)N1C(=O)CCC1=O. The number of likely N-dealkylation sites (tertiary alicyclic amines) is 1. The average Bonchev–Trinajstić information content (AvgIpc) is 2.87. The number of Topliss-reactive ketones (excluding diaryl/α,β-unsaturated/α-hetero) is 1. The first-order chi connectivity index (χ1) is 10.6. The van der Waals surface area contributed by atoms with Gasteiger partial charge in [-0.3, -0.25) is 19.3 Å². The van der Waals surface area contributed by atoms with Crippen molar-refractivity contribution in [2.45, 2.75) is 49.9 Å². The van der Waals surface area contributed by atoms with Crippen LogP contribution in [0.3, 0.4) is 0 Å². The van der Waals surface area contributed by atoms with Crippen LogP contribution in [-0.2, 0) is 9.59 Å². The highest BCUT2D eigenvalue weighted by atomic mass is 79.9. The number of unbranched alkanes of at least 4 members (excludes halogenated alkanes) is 1. The predicted octanol–water partition coefficient (Wildman–Crippen LogP) is 3.34. The number of amides is 2. The van der Waals surface area contributed by atoms with Gasteiger partial charge in [-0.15, -0.1) is 0 Å². The van der Waals surface area contributed by atoms with Crippen LogP contribution in [0.25, 0.3) is 0 Å². The Morgan fingerprint density at radius 2 is 1.77 bits per heavy atom. The quantitative estimate of drug-likeness (QED) is 0.423. The van der Waals surface area contributed by atoms with E-state index in [9.17, 15) is 14.4 Å². The molecule has 1 heterocycles. The summed E-state index contributed by atoms with van der Waals surface area (Å²) in [7, 11) is 0. The molecule has 5 heteroatoms. The van der Waals surface area contributed by atoms with E-state index in [4.69, 9.17) is 0 Å². The summed E-state index contributed by atoms with van der Waals surface area (Å²) < 4.78 is 0. The van der Waals surface area contributed by atoms with Crippen molar-refractivity contribution in [3.05, 3.63) is 35.9 Å². The van der Waals surface area contributed by atoms with Gasteiger partial charge < -0.3 is 0 Å². The molecular formula is C17H20BrNO3. The number of rotatable bonds is 7. The van der Waals surface area contributed by atoms with Gasteiger partial charge in [0.1, 0.15) is 0 Å². The lowest BCUT2D eigenvalue weighted by Crippen LogP contribution is -2.47. The second-order valence-electron chi connectivity index (χ2n) is 5.50. The number of carbonyl (C=O) groups is 3. The molecule has 1 fully saturated rings. The van der Waals surface area contributed by atoms with E-state index in [0.29, 0.717) is 12.0 Å². The molecule has 0 unspecified atom stereocenters. The summed E-state index contributed by atoms with van der Waals surface area (Å²) in [5.41, 5.74) is 0.588. The van der Waals surface area contributed by atoms with Gasteiger partial charge in [-0.2, -0.15) is 0 Å². The summed E-state index contributed by atoms with van der Waals surface area (Å²) in [4.78, 5) is 37.4. The van der Waals surface area contributed by atoms with Crippen molar-refractivity contribution in [3.63, 3.8) is 0 Å². The Balaban J connectivity index is 2.22. The lowest BCUT2D eigenvalue weighted by atomic mass is 9.98. The van der Waals surface area contributed by atoms with E-state index in [-0.39, 0.29) is 30.4 Å². The molecule has 0 aromatic heterocycles. The minimum Gasteiger partial charge on any atom is -0.293 e. The topological polar surface area (TPSA) is 54.5 Å². The third-order valence-corrected chi connectivity index (χ3v) is 4.95. The van der Waals surface area contributed by atoms with Crippen molar-refractivity contribution in [3.8, 4) is 0 Å². The summed E-state index contributed by atoms with van der Waals surface area (Å²) >= 11 is 3.45. The van der Waals surface area contributed by atoms with Crippen molar-refractivity contribution in [1.82, 2.24) is 4.90 Å². The van der Waals surface area contributed by atoms with E-state index in [1.165, 1.54) is 4.90 Å². The zero-order chi connectivity index (χ0) is 16.1. The molecule has 0 saturated carbocycles. The minimum atomic E-state index is -0.563. The van der Waals surface area contributed by atoms with Gasteiger partial charge >= 0.3 is 0 Å². The summed E-state index contributed by atoms with van der Waals surface area (Å²) in [6.07, 6.45) is 2.96. The van der Waals surface area contributed by atoms with Gasteiger partial charge in [0.05, 0.1) is 10.9 Å². The number of hydrogen-bond donors (Lipinski definition) is 0. The molecule has 0 aliphatic carbocycles. The second kappa shape index (κ2) is 7.68. The van der Waals surface area contributed by atoms with Gasteiger partial charge in [0.2, 0.25) is 11.8 Å². The molecule has 0 radical (unpaired) electrons. The standard InChI is InChI=1S/C17H20BrNO3/c1-2-3-9-13(19-14(20)10-11-15(19)21)16(18)17(22)12-7-5-4-6-8-12/h4-8,13,16H,2-3,9-11H2,1H3/t13-,16-/m1/s1. The maximum Gasteiger partial charge on any atom is 0.229 e. The Bertz CT molecular complexity index is 542. The number of halogens is 1. The fourth-order valence-electron chi connectivity index (χ4n) is 2.72. The van der Waals surface area contributed by atoms with Gasteiger partial charge in [-0.25, -0.2) is 0 Å². The third kappa shape index (κ3) is 3.64. The average molecular weight is 366 g/mol. The summed E-state index contributed by atoms with van der Waals surface area (Å²) in [5.74, 6) is -0.429. The molecule has 1 aliphatic heterocycles. The summed E-state index contributed by atoms with van der Waals surface area (Å²) in [6, 6.07) is 8.56. The van der Waals surface area contributed by atoms with Gasteiger partial charge in [0.15, 0.2) is 5.78 Å². The number of imide groups is 1. The zero-order valence-electron chi connectivity index (χ0n) is 12.6. The largest absolute Gasteiger partial charge is 0.293 e. The van der Waals surface area contributed by atoms with Crippen LogP contribution < -0.4 is 0 Å². The fraction of sp³-hybridized carbons (Fsp3) is 0.471. The Morgan fingerprint density at radius 1 is 1.18 bits per heavy atom. The summed E-state index contributed by atoms with van der Waals surface area (Å²) in [5, 5.41) is 0. The van der Waals surface area contributed by atoms with Gasteiger partial charge in [-0.05, 0) is 6.42 Å². The molecule has 1 aromatic carbocycles. The molecule has 22 heavy (non-hydrogen) atoms. The molecule has 0 bridgehead atoms. The Morgan fingerprint density at radius 3 is 2.32 bits per heavy atom. The Kier molecular flexibility index (Phi) is 5.89. The lowest BCUT2D eigenvalue weighted by Gasteiger charge is -2.29. The van der Waals surface area contributed by atoms with E-state index in [0.717, 1.165) is 12.8 Å². The Labute approximate surface area is 139 Å². The van der Waals surface area contributed by atoms with Crippen LogP contribution in [0, 0.1) is 0 Å². The van der Waals surface area contributed by atoms with Gasteiger partial charge in [0.25, 0.3) is 0 Å². The van der Waals surface area contributed by atoms with Crippen LogP contribution in [0.2, 0.25) is 0 Å². The number of ketones is 1. The summed E-state index contributed by atoms with van der Waals surface area (Å²) in [6.45, 7) is 2.05. The number of carbonyl (C=O) groups excluding carboxylic acids is 3. The van der Waals surface area contributed by atoms with Gasteiger partial charge in [0, 0.05) is 18.4 Å². The third-order valence-electron chi connectivity index (χ3n) is 3.92. The van der Waals surface area contributed by atoms with Gasteiger partial charge in [-0.1, -0.05) is 66.0 Å². The molecule has 2 amide bonds. The van der Waals surface area contributed by atoms with Crippen LogP contribution in [0.5, 0.6) is 0 Å². The highest BCUT2D eigenvalue weighted by Crippen LogP contribution is 2.27. The first-order valence-electron chi connectivity index (χ1n) is 7.64. The van der Waals surface area contributed by atoms with Crippen LogP contribution in [0.4, 0.5) is 0 Å². The van der Waals surface area contributed by atoms with Crippen molar-refractivity contribution >= 4 is 33.5 Å². The van der Waals surface area contributed by atoms with Crippen molar-refractivity contribution in [1.29, 1.82) is 0 Å². The predicted molar refractivity (Wildman–Crippen MR) is 87.9 cm³/mol. The molecule has 2 rings (SSSR count). The van der Waals surface area contributed by atoms with E-state index in [1.807, 2.05) is 13.0 Å². The first-order valence-corrected chi connectivity index (χ1v) is 8.56. The van der Waals surface area contributed by atoms with Crippen molar-refractivity contribution in [2.75, 3.05) is 0 Å². The van der Waals surface area contributed by atoms with Crippen LogP contribution in [0.15, 0.2) is 30.3 Å². The number of benzene rings is 1. The van der Waals surface area contributed by atoms with E-state index >= 15 is 0 Å². The maximum atomic E-state index is 12.6. The number of hydrogen-bond acceptors (Lipinski definition) is 3. The molecule has 2 atom stereocenters. The monoisotopic (exact) mass is 365 g/mol. The molecule has 118 valence electrons. The number of nitrogens with zero attached hydrogens (tertiary/aromatic N) is 1. The smallest absolute Gasteiger partial charge is 0.229 e. The molecule has 0 spiro atoms. The zero-order valence-corrected chi connectivity index (χ0v) is 14.2. The number of alkyl halides is 1. The van der Waals surface area contributed by atoms with E-state index in [1.54, 1.807) is 24.3 Å². The maximum absolute atomic E-state index is 12.6. The van der Waals surface area contributed by atoms with Crippen molar-refractivity contribution in [2.24, 2.45) is 0 Å². The Hall–Kier alpha value is -1.49. The molecule has 0 N–H and O–H groups in total. The highest BCUT2D eigenvalue weighted by Gasteiger charge is 2.40. The molecule has 1 aliphatic rings. The van der Waals surface area contributed by atoms with Crippen LogP contribution in [-0.4, -0.2) is 33.4 Å². The molecule has 1 saturated heterocycles. The van der Waals surface area contributed by atoms with Crippen molar-refractivity contribution < 1.29 is 14.4 Å². The fourth-order valence-corrected chi connectivity index (χ4v) is 3.48. The molecule has 1 aromatic rings.